The van der Waals surface area contributed by atoms with Gasteiger partial charge in [-0.1, -0.05) is 6.92 Å². The number of alkyl halides is 1. The number of pyridine rings is 1. The van der Waals surface area contributed by atoms with Crippen LogP contribution in [0.4, 0.5) is 5.82 Å². The molecule has 0 unspecified atom stereocenters. The van der Waals surface area contributed by atoms with Gasteiger partial charge in [-0.15, -0.1) is 11.6 Å². The summed E-state index contributed by atoms with van der Waals surface area (Å²) in [5, 5.41) is 2.19. The molecular weight excluding hydrogens is 276 g/mol. The van der Waals surface area contributed by atoms with Gasteiger partial charge in [0.2, 0.25) is 6.79 Å². The molecule has 1 aromatic heterocycles. The zero-order chi connectivity index (χ0) is 13.9. The Kier molecular flexibility index (Phi) is 3.83. The molecule has 5 heteroatoms. The van der Waals surface area contributed by atoms with Gasteiger partial charge in [-0.2, -0.15) is 0 Å². The summed E-state index contributed by atoms with van der Waals surface area (Å²) in [5.41, 5.74) is 0. The Morgan fingerprint density at radius 1 is 1.25 bits per heavy atom. The summed E-state index contributed by atoms with van der Waals surface area (Å²) < 4.78 is 10.9. The molecular formula is C15H17ClN2O2. The smallest absolute Gasteiger partial charge is 0.231 e. The van der Waals surface area contributed by atoms with Crippen molar-refractivity contribution in [2.75, 3.05) is 30.7 Å². The summed E-state index contributed by atoms with van der Waals surface area (Å²) in [7, 11) is 0. The molecule has 0 amide bonds. The van der Waals surface area contributed by atoms with Crippen LogP contribution < -0.4 is 14.4 Å². The van der Waals surface area contributed by atoms with Gasteiger partial charge in [0, 0.05) is 30.6 Å². The Morgan fingerprint density at radius 2 is 2.05 bits per heavy atom. The molecule has 106 valence electrons. The van der Waals surface area contributed by atoms with Crippen molar-refractivity contribution >= 4 is 28.2 Å². The van der Waals surface area contributed by atoms with E-state index in [1.807, 2.05) is 24.4 Å². The second-order valence-electron chi connectivity index (χ2n) is 4.74. The molecule has 1 aromatic carbocycles. The number of nitrogens with zero attached hydrogens (tertiary/aromatic N) is 2. The van der Waals surface area contributed by atoms with Crippen LogP contribution >= 0.6 is 11.6 Å². The van der Waals surface area contributed by atoms with Crippen molar-refractivity contribution in [1.29, 1.82) is 0 Å². The maximum absolute atomic E-state index is 5.91. The van der Waals surface area contributed by atoms with E-state index in [1.165, 1.54) is 0 Å². The van der Waals surface area contributed by atoms with Gasteiger partial charge in [-0.3, -0.25) is 0 Å². The Labute approximate surface area is 123 Å². The molecule has 1 aliphatic rings. The molecule has 0 atom stereocenters. The number of benzene rings is 1. The summed E-state index contributed by atoms with van der Waals surface area (Å²) >= 11 is 5.91. The molecule has 0 spiro atoms. The summed E-state index contributed by atoms with van der Waals surface area (Å²) in [6, 6.07) is 6.01. The number of hydrogen-bond donors (Lipinski definition) is 0. The summed E-state index contributed by atoms with van der Waals surface area (Å²) in [5.74, 6) is 3.13. The van der Waals surface area contributed by atoms with Crippen LogP contribution in [0, 0.1) is 0 Å². The maximum Gasteiger partial charge on any atom is 0.231 e. The second kappa shape index (κ2) is 5.75. The molecule has 2 heterocycles. The first kappa shape index (κ1) is 13.3. The SMILES string of the molecule is CCCN(CCCl)c1nccc2cc3c(cc12)OCO3. The number of rotatable bonds is 5. The van der Waals surface area contributed by atoms with Crippen molar-refractivity contribution < 1.29 is 9.47 Å². The average molecular weight is 293 g/mol. The highest BCUT2D eigenvalue weighted by Gasteiger charge is 2.17. The van der Waals surface area contributed by atoms with E-state index in [1.54, 1.807) is 0 Å². The molecule has 0 N–H and O–H groups in total. The van der Waals surface area contributed by atoms with Crippen molar-refractivity contribution in [2.45, 2.75) is 13.3 Å². The predicted octanol–water partition coefficient (Wildman–Crippen LogP) is 3.42. The fourth-order valence-corrected chi connectivity index (χ4v) is 2.70. The van der Waals surface area contributed by atoms with Gasteiger partial charge < -0.3 is 14.4 Å². The van der Waals surface area contributed by atoms with Gasteiger partial charge >= 0.3 is 0 Å². The van der Waals surface area contributed by atoms with E-state index >= 15 is 0 Å². The van der Waals surface area contributed by atoms with Crippen LogP contribution in [0.3, 0.4) is 0 Å². The zero-order valence-electron chi connectivity index (χ0n) is 11.4. The van der Waals surface area contributed by atoms with Gasteiger partial charge in [0.15, 0.2) is 11.5 Å². The topological polar surface area (TPSA) is 34.6 Å². The first-order valence-electron chi connectivity index (χ1n) is 6.82. The van der Waals surface area contributed by atoms with Crippen molar-refractivity contribution in [3.05, 3.63) is 24.4 Å². The number of anilines is 1. The lowest BCUT2D eigenvalue weighted by Crippen LogP contribution is -2.27. The highest BCUT2D eigenvalue weighted by atomic mass is 35.5. The van der Waals surface area contributed by atoms with E-state index in [9.17, 15) is 0 Å². The highest BCUT2D eigenvalue weighted by molar-refractivity contribution is 6.18. The Morgan fingerprint density at radius 3 is 2.80 bits per heavy atom. The third-order valence-electron chi connectivity index (χ3n) is 3.38. The van der Waals surface area contributed by atoms with E-state index in [4.69, 9.17) is 21.1 Å². The molecule has 0 aliphatic carbocycles. The number of halogens is 1. The molecule has 0 saturated carbocycles. The van der Waals surface area contributed by atoms with E-state index in [0.717, 1.165) is 47.6 Å². The highest BCUT2D eigenvalue weighted by Crippen LogP contribution is 2.38. The Balaban J connectivity index is 2.10. The summed E-state index contributed by atoms with van der Waals surface area (Å²) in [4.78, 5) is 6.76. The molecule has 0 saturated heterocycles. The van der Waals surface area contributed by atoms with Gasteiger partial charge in [0.1, 0.15) is 5.82 Å². The van der Waals surface area contributed by atoms with Gasteiger partial charge in [-0.05, 0) is 30.0 Å². The molecule has 0 fully saturated rings. The summed E-state index contributed by atoms with van der Waals surface area (Å²) in [6.07, 6.45) is 2.89. The molecule has 4 nitrogen and oxygen atoms in total. The minimum atomic E-state index is 0.286. The van der Waals surface area contributed by atoms with E-state index in [2.05, 4.69) is 16.8 Å². The van der Waals surface area contributed by atoms with E-state index in [0.29, 0.717) is 5.88 Å². The van der Waals surface area contributed by atoms with Crippen LogP contribution in [-0.4, -0.2) is 30.7 Å². The van der Waals surface area contributed by atoms with E-state index in [-0.39, 0.29) is 6.79 Å². The molecule has 20 heavy (non-hydrogen) atoms. The average Bonchev–Trinajstić information content (AvgIpc) is 2.91. The van der Waals surface area contributed by atoms with Crippen LogP contribution in [0.2, 0.25) is 0 Å². The third kappa shape index (κ3) is 2.36. The lowest BCUT2D eigenvalue weighted by atomic mass is 10.1. The van der Waals surface area contributed by atoms with Crippen molar-refractivity contribution in [1.82, 2.24) is 4.98 Å². The van der Waals surface area contributed by atoms with Crippen LogP contribution in [0.5, 0.6) is 11.5 Å². The molecule has 2 aromatic rings. The van der Waals surface area contributed by atoms with Gasteiger partial charge in [0.05, 0.1) is 0 Å². The summed E-state index contributed by atoms with van der Waals surface area (Å²) in [6.45, 7) is 4.17. The second-order valence-corrected chi connectivity index (χ2v) is 5.12. The lowest BCUT2D eigenvalue weighted by Gasteiger charge is -2.23. The number of hydrogen-bond acceptors (Lipinski definition) is 4. The minimum Gasteiger partial charge on any atom is -0.454 e. The number of aromatic nitrogens is 1. The number of fused-ring (bicyclic) bond motifs is 2. The first-order chi connectivity index (χ1) is 9.83. The normalized spacial score (nSPS) is 12.9. The standard InChI is InChI=1S/C15H17ClN2O2/c1-2-6-18(7-4-16)15-12-9-14-13(19-10-20-14)8-11(12)3-5-17-15/h3,5,8-9H,2,4,6-7,10H2,1H3. The third-order valence-corrected chi connectivity index (χ3v) is 3.55. The fraction of sp³-hybridized carbons (Fsp3) is 0.400. The van der Waals surface area contributed by atoms with Crippen molar-refractivity contribution in [3.8, 4) is 11.5 Å². The largest absolute Gasteiger partial charge is 0.454 e. The number of ether oxygens (including phenoxy) is 2. The zero-order valence-corrected chi connectivity index (χ0v) is 12.2. The lowest BCUT2D eigenvalue weighted by molar-refractivity contribution is 0.174. The Bertz CT molecular complexity index is 612. The van der Waals surface area contributed by atoms with Crippen LogP contribution in [-0.2, 0) is 0 Å². The van der Waals surface area contributed by atoms with Gasteiger partial charge in [-0.25, -0.2) is 4.98 Å². The minimum absolute atomic E-state index is 0.286. The molecule has 1 aliphatic heterocycles. The van der Waals surface area contributed by atoms with Crippen molar-refractivity contribution in [3.63, 3.8) is 0 Å². The predicted molar refractivity (Wildman–Crippen MR) is 81.1 cm³/mol. The Hall–Kier alpha value is -1.68. The fourth-order valence-electron chi connectivity index (χ4n) is 2.49. The van der Waals surface area contributed by atoms with Crippen LogP contribution in [0.15, 0.2) is 24.4 Å². The van der Waals surface area contributed by atoms with Gasteiger partial charge in [0.25, 0.3) is 0 Å². The van der Waals surface area contributed by atoms with Crippen molar-refractivity contribution in [2.24, 2.45) is 0 Å². The van der Waals surface area contributed by atoms with Crippen LogP contribution in [0.25, 0.3) is 10.8 Å². The monoisotopic (exact) mass is 292 g/mol. The van der Waals surface area contributed by atoms with E-state index < -0.39 is 0 Å². The molecule has 3 rings (SSSR count). The first-order valence-corrected chi connectivity index (χ1v) is 7.36. The maximum atomic E-state index is 5.91. The van der Waals surface area contributed by atoms with Crippen LogP contribution in [0.1, 0.15) is 13.3 Å². The quantitative estimate of drug-likeness (QED) is 0.791. The molecule has 0 bridgehead atoms. The molecule has 0 radical (unpaired) electrons.